The molecule has 0 unspecified atom stereocenters. The second-order valence-electron chi connectivity index (χ2n) is 5.76. The summed E-state index contributed by atoms with van der Waals surface area (Å²) in [5.74, 6) is 0.419. The molecule has 0 saturated heterocycles. The lowest BCUT2D eigenvalue weighted by molar-refractivity contribution is -0.116. The fourth-order valence-corrected chi connectivity index (χ4v) is 2.70. The Hall–Kier alpha value is -3.12. The zero-order valence-electron chi connectivity index (χ0n) is 14.7. The van der Waals surface area contributed by atoms with Gasteiger partial charge in [-0.15, -0.1) is 0 Å². The number of nitrogens with zero attached hydrogens (tertiary/aromatic N) is 2. The molecular weight excluding hydrogens is 366 g/mol. The average Bonchev–Trinajstić information content (AvgIpc) is 2.64. The van der Waals surface area contributed by atoms with Gasteiger partial charge in [-0.25, -0.2) is 4.98 Å². The number of carbonyl (C=O) groups is 1. The Morgan fingerprint density at radius 1 is 1.19 bits per heavy atom. The fraction of sp³-hybridized carbons (Fsp3) is 0.150. The summed E-state index contributed by atoms with van der Waals surface area (Å²) in [5.41, 5.74) is 1.59. The lowest BCUT2D eigenvalue weighted by atomic mass is 10.1. The molecule has 7 heteroatoms. The maximum atomic E-state index is 12.3. The third-order valence-corrected chi connectivity index (χ3v) is 4.00. The zero-order valence-corrected chi connectivity index (χ0v) is 15.4. The first-order valence-electron chi connectivity index (χ1n) is 8.40. The first-order chi connectivity index (χ1) is 13.0. The van der Waals surface area contributed by atoms with E-state index in [4.69, 9.17) is 16.3 Å². The second-order valence-corrected chi connectivity index (χ2v) is 6.19. The highest BCUT2D eigenvalue weighted by molar-refractivity contribution is 6.30. The van der Waals surface area contributed by atoms with E-state index in [2.05, 4.69) is 10.3 Å². The van der Waals surface area contributed by atoms with Crippen LogP contribution in [0.5, 0.6) is 5.75 Å². The van der Waals surface area contributed by atoms with Gasteiger partial charge in [0, 0.05) is 22.3 Å². The van der Waals surface area contributed by atoms with E-state index in [9.17, 15) is 9.59 Å². The molecule has 1 aromatic heterocycles. The predicted molar refractivity (Wildman–Crippen MR) is 105 cm³/mol. The molecule has 2 aromatic carbocycles. The Morgan fingerprint density at radius 2 is 1.96 bits per heavy atom. The Bertz CT molecular complexity index is 1000. The Balaban J connectivity index is 1.71. The number of halogens is 1. The van der Waals surface area contributed by atoms with Gasteiger partial charge in [-0.05, 0) is 49.4 Å². The Morgan fingerprint density at radius 3 is 2.63 bits per heavy atom. The smallest absolute Gasteiger partial charge is 0.254 e. The SMILES string of the molecule is CCOc1ccc(-c2cc(=O)n(CC(=O)Nc3cccc(Cl)c3)cn2)cc1. The van der Waals surface area contributed by atoms with Crippen LogP contribution in [0.4, 0.5) is 5.69 Å². The summed E-state index contributed by atoms with van der Waals surface area (Å²) < 4.78 is 6.65. The summed E-state index contributed by atoms with van der Waals surface area (Å²) in [7, 11) is 0. The summed E-state index contributed by atoms with van der Waals surface area (Å²) in [4.78, 5) is 28.7. The average molecular weight is 384 g/mol. The summed E-state index contributed by atoms with van der Waals surface area (Å²) in [5, 5.41) is 3.22. The topological polar surface area (TPSA) is 73.2 Å². The number of amides is 1. The molecule has 0 aliphatic rings. The lowest BCUT2D eigenvalue weighted by Crippen LogP contribution is -2.27. The van der Waals surface area contributed by atoms with Gasteiger partial charge in [-0.2, -0.15) is 0 Å². The minimum atomic E-state index is -0.338. The molecule has 138 valence electrons. The summed E-state index contributed by atoms with van der Waals surface area (Å²) in [6.07, 6.45) is 1.37. The van der Waals surface area contributed by atoms with E-state index in [0.717, 1.165) is 11.3 Å². The zero-order chi connectivity index (χ0) is 19.2. The second kappa shape index (κ2) is 8.51. The number of ether oxygens (including phenoxy) is 1. The van der Waals surface area contributed by atoms with Gasteiger partial charge in [0.25, 0.3) is 5.56 Å². The van der Waals surface area contributed by atoms with Crippen molar-refractivity contribution in [3.05, 3.63) is 76.3 Å². The van der Waals surface area contributed by atoms with Crippen molar-refractivity contribution in [1.29, 1.82) is 0 Å². The number of aromatic nitrogens is 2. The molecule has 1 heterocycles. The molecule has 6 nitrogen and oxygen atoms in total. The highest BCUT2D eigenvalue weighted by Gasteiger charge is 2.08. The van der Waals surface area contributed by atoms with Crippen molar-refractivity contribution < 1.29 is 9.53 Å². The van der Waals surface area contributed by atoms with Crippen molar-refractivity contribution in [2.24, 2.45) is 0 Å². The van der Waals surface area contributed by atoms with Crippen LogP contribution < -0.4 is 15.6 Å². The number of anilines is 1. The van der Waals surface area contributed by atoms with E-state index in [0.29, 0.717) is 23.0 Å². The number of benzene rings is 2. The third-order valence-electron chi connectivity index (χ3n) is 3.76. The third kappa shape index (κ3) is 4.95. The van der Waals surface area contributed by atoms with E-state index >= 15 is 0 Å². The van der Waals surface area contributed by atoms with Gasteiger partial charge < -0.3 is 10.1 Å². The standard InChI is InChI=1S/C20H18ClN3O3/c1-2-27-17-8-6-14(7-9-17)18-11-20(26)24(13-22-18)12-19(25)23-16-5-3-4-15(21)10-16/h3-11,13H,2,12H2,1H3,(H,23,25). The normalized spacial score (nSPS) is 10.4. The summed E-state index contributed by atoms with van der Waals surface area (Å²) in [6, 6.07) is 15.5. The van der Waals surface area contributed by atoms with Gasteiger partial charge in [0.15, 0.2) is 0 Å². The van der Waals surface area contributed by atoms with Gasteiger partial charge in [-0.3, -0.25) is 14.2 Å². The van der Waals surface area contributed by atoms with Gasteiger partial charge in [0.05, 0.1) is 18.6 Å². The molecule has 1 amide bonds. The van der Waals surface area contributed by atoms with Crippen LogP contribution in [0.2, 0.25) is 5.02 Å². The molecule has 27 heavy (non-hydrogen) atoms. The van der Waals surface area contributed by atoms with Crippen molar-refractivity contribution >= 4 is 23.2 Å². The summed E-state index contributed by atoms with van der Waals surface area (Å²) >= 11 is 5.89. The van der Waals surface area contributed by atoms with Crippen molar-refractivity contribution in [3.63, 3.8) is 0 Å². The predicted octanol–water partition coefficient (Wildman–Crippen LogP) is 3.60. The first kappa shape index (κ1) is 18.7. The molecule has 0 aliphatic carbocycles. The van der Waals surface area contributed by atoms with Crippen LogP contribution in [0.1, 0.15) is 6.92 Å². The van der Waals surface area contributed by atoms with E-state index in [1.54, 1.807) is 24.3 Å². The first-order valence-corrected chi connectivity index (χ1v) is 8.78. The quantitative estimate of drug-likeness (QED) is 0.705. The molecule has 0 bridgehead atoms. The van der Waals surface area contributed by atoms with Gasteiger partial charge in [0.2, 0.25) is 5.91 Å². The molecular formula is C20H18ClN3O3. The lowest BCUT2D eigenvalue weighted by Gasteiger charge is -2.09. The number of hydrogen-bond acceptors (Lipinski definition) is 4. The van der Waals surface area contributed by atoms with Crippen LogP contribution in [0.15, 0.2) is 65.7 Å². The van der Waals surface area contributed by atoms with Gasteiger partial charge in [0.1, 0.15) is 12.3 Å². The Labute approximate surface area is 161 Å². The minimum absolute atomic E-state index is 0.137. The monoisotopic (exact) mass is 383 g/mol. The number of rotatable bonds is 6. The van der Waals surface area contributed by atoms with Crippen LogP contribution in [0.25, 0.3) is 11.3 Å². The fourth-order valence-electron chi connectivity index (χ4n) is 2.51. The number of carbonyl (C=O) groups excluding carboxylic acids is 1. The van der Waals surface area contributed by atoms with Crippen molar-refractivity contribution in [2.45, 2.75) is 13.5 Å². The minimum Gasteiger partial charge on any atom is -0.494 e. The van der Waals surface area contributed by atoms with Crippen LogP contribution in [-0.2, 0) is 11.3 Å². The van der Waals surface area contributed by atoms with Crippen molar-refractivity contribution in [1.82, 2.24) is 9.55 Å². The Kier molecular flexibility index (Phi) is 5.88. The van der Waals surface area contributed by atoms with Crippen molar-refractivity contribution in [3.8, 4) is 17.0 Å². The number of nitrogens with one attached hydrogen (secondary N) is 1. The molecule has 0 spiro atoms. The number of hydrogen-bond donors (Lipinski definition) is 1. The molecule has 3 rings (SSSR count). The largest absolute Gasteiger partial charge is 0.494 e. The van der Waals surface area contributed by atoms with Crippen LogP contribution >= 0.6 is 11.6 Å². The van der Waals surface area contributed by atoms with E-state index < -0.39 is 0 Å². The molecule has 0 radical (unpaired) electrons. The summed E-state index contributed by atoms with van der Waals surface area (Å²) in [6.45, 7) is 2.37. The maximum absolute atomic E-state index is 12.3. The highest BCUT2D eigenvalue weighted by atomic mass is 35.5. The molecule has 3 aromatic rings. The van der Waals surface area contributed by atoms with Crippen LogP contribution in [0, 0.1) is 0 Å². The molecule has 0 atom stereocenters. The maximum Gasteiger partial charge on any atom is 0.254 e. The van der Waals surface area contributed by atoms with Gasteiger partial charge >= 0.3 is 0 Å². The molecule has 0 saturated carbocycles. The van der Waals surface area contributed by atoms with E-state index in [1.807, 2.05) is 31.2 Å². The molecule has 1 N–H and O–H groups in total. The van der Waals surface area contributed by atoms with Gasteiger partial charge in [-0.1, -0.05) is 17.7 Å². The van der Waals surface area contributed by atoms with Crippen LogP contribution in [-0.4, -0.2) is 22.1 Å². The molecule has 0 aliphatic heterocycles. The highest BCUT2D eigenvalue weighted by Crippen LogP contribution is 2.19. The van der Waals surface area contributed by atoms with E-state index in [-0.39, 0.29) is 18.0 Å². The van der Waals surface area contributed by atoms with Crippen LogP contribution in [0.3, 0.4) is 0 Å². The molecule has 0 fully saturated rings. The van der Waals surface area contributed by atoms with Crippen molar-refractivity contribution in [2.75, 3.05) is 11.9 Å². The van der Waals surface area contributed by atoms with E-state index in [1.165, 1.54) is 17.0 Å².